The number of amides is 2. The monoisotopic (exact) mass is 489 g/mol. The van der Waals surface area contributed by atoms with Crippen molar-refractivity contribution >= 4 is 34.2 Å². The fourth-order valence-corrected chi connectivity index (χ4v) is 4.91. The molecule has 9 heteroatoms. The van der Waals surface area contributed by atoms with Crippen LogP contribution >= 0.6 is 0 Å². The summed E-state index contributed by atoms with van der Waals surface area (Å²) in [6.07, 6.45) is 1.29. The number of carbonyl (C=O) groups is 3. The van der Waals surface area contributed by atoms with Gasteiger partial charge in [0, 0.05) is 50.0 Å². The third kappa shape index (κ3) is 4.32. The number of Topliss-reactive ketones (excluding diaryl/α,β-unsaturated/α-hetero) is 1. The third-order valence-electron chi connectivity index (χ3n) is 6.79. The maximum atomic E-state index is 13.3. The standard InChI is InChI=1S/C27H27N3O6/c1-16(31)28-17-4-7-24-20(12-17)23(32)15-27(36-24)8-10-30(11-9-27)26(33)22-14-25(35-3)19-13-18(34-2)5-6-21(19)29-22/h4-7,12-14H,8-11,15H2,1-3H3,(H,28,31). The number of rotatable bonds is 4. The van der Waals surface area contributed by atoms with Crippen molar-refractivity contribution in [2.24, 2.45) is 0 Å². The largest absolute Gasteiger partial charge is 0.497 e. The first-order valence-electron chi connectivity index (χ1n) is 11.8. The minimum absolute atomic E-state index is 0.0282. The summed E-state index contributed by atoms with van der Waals surface area (Å²) in [5, 5.41) is 3.46. The molecule has 0 unspecified atom stereocenters. The van der Waals surface area contributed by atoms with Crippen LogP contribution in [0.25, 0.3) is 10.9 Å². The van der Waals surface area contributed by atoms with Crippen LogP contribution in [0.5, 0.6) is 17.2 Å². The molecule has 2 aliphatic rings. The molecule has 36 heavy (non-hydrogen) atoms. The van der Waals surface area contributed by atoms with Crippen molar-refractivity contribution in [1.29, 1.82) is 0 Å². The molecule has 0 saturated carbocycles. The highest BCUT2D eigenvalue weighted by Gasteiger charge is 2.44. The van der Waals surface area contributed by atoms with Crippen LogP contribution in [0, 0.1) is 0 Å². The Morgan fingerprint density at radius 1 is 1.06 bits per heavy atom. The minimum atomic E-state index is -0.651. The van der Waals surface area contributed by atoms with Crippen LogP contribution in [0.4, 0.5) is 5.69 Å². The van der Waals surface area contributed by atoms with Crippen molar-refractivity contribution in [3.05, 3.63) is 53.7 Å². The molecule has 5 rings (SSSR count). The lowest BCUT2D eigenvalue weighted by Gasteiger charge is -2.44. The zero-order valence-corrected chi connectivity index (χ0v) is 20.4. The minimum Gasteiger partial charge on any atom is -0.497 e. The lowest BCUT2D eigenvalue weighted by atomic mass is 9.82. The van der Waals surface area contributed by atoms with Gasteiger partial charge in [0.2, 0.25) is 5.91 Å². The number of nitrogens with one attached hydrogen (secondary N) is 1. The number of benzene rings is 2. The number of carbonyl (C=O) groups excluding carboxylic acids is 3. The third-order valence-corrected chi connectivity index (χ3v) is 6.79. The Morgan fingerprint density at radius 3 is 2.53 bits per heavy atom. The smallest absolute Gasteiger partial charge is 0.272 e. The summed E-state index contributed by atoms with van der Waals surface area (Å²) in [6, 6.07) is 12.2. The van der Waals surface area contributed by atoms with E-state index in [4.69, 9.17) is 14.2 Å². The molecular formula is C27H27N3O6. The van der Waals surface area contributed by atoms with E-state index in [9.17, 15) is 14.4 Å². The number of aromatic nitrogens is 1. The van der Waals surface area contributed by atoms with Crippen LogP contribution < -0.4 is 19.5 Å². The van der Waals surface area contributed by atoms with Gasteiger partial charge in [0.25, 0.3) is 5.91 Å². The summed E-state index contributed by atoms with van der Waals surface area (Å²) < 4.78 is 17.1. The molecule has 3 aromatic rings. The number of likely N-dealkylation sites (tertiary alicyclic amines) is 1. The van der Waals surface area contributed by atoms with Crippen LogP contribution in [0.1, 0.15) is 47.0 Å². The van der Waals surface area contributed by atoms with E-state index in [0.717, 1.165) is 5.39 Å². The second kappa shape index (κ2) is 9.14. The summed E-state index contributed by atoms with van der Waals surface area (Å²) in [5.74, 6) is 1.32. The Hall–Kier alpha value is -4.14. The molecule has 1 N–H and O–H groups in total. The van der Waals surface area contributed by atoms with Gasteiger partial charge in [-0.2, -0.15) is 0 Å². The summed E-state index contributed by atoms with van der Waals surface area (Å²) >= 11 is 0. The number of hydrogen-bond donors (Lipinski definition) is 1. The Labute approximate surface area is 208 Å². The quantitative estimate of drug-likeness (QED) is 0.593. The number of hydrogen-bond acceptors (Lipinski definition) is 7. The normalized spacial score (nSPS) is 16.3. The van der Waals surface area contributed by atoms with E-state index >= 15 is 0 Å². The summed E-state index contributed by atoms with van der Waals surface area (Å²) in [7, 11) is 3.15. The topological polar surface area (TPSA) is 107 Å². The van der Waals surface area contributed by atoms with E-state index in [1.807, 2.05) is 6.07 Å². The van der Waals surface area contributed by atoms with Gasteiger partial charge in [-0.15, -0.1) is 0 Å². The molecule has 0 radical (unpaired) electrons. The average molecular weight is 490 g/mol. The van der Waals surface area contributed by atoms with E-state index in [1.165, 1.54) is 6.92 Å². The van der Waals surface area contributed by atoms with Gasteiger partial charge in [-0.1, -0.05) is 0 Å². The van der Waals surface area contributed by atoms with Crippen LogP contribution in [0.15, 0.2) is 42.5 Å². The van der Waals surface area contributed by atoms with Crippen LogP contribution in [-0.4, -0.2) is 60.4 Å². The number of nitrogens with zero attached hydrogens (tertiary/aromatic N) is 2. The van der Waals surface area contributed by atoms with Crippen molar-refractivity contribution in [2.75, 3.05) is 32.6 Å². The molecule has 0 aliphatic carbocycles. The van der Waals surface area contributed by atoms with Gasteiger partial charge in [-0.25, -0.2) is 4.98 Å². The molecule has 1 spiro atoms. The molecule has 2 aromatic carbocycles. The fourth-order valence-electron chi connectivity index (χ4n) is 4.91. The molecule has 1 aromatic heterocycles. The molecule has 2 amide bonds. The first kappa shape index (κ1) is 23.6. The van der Waals surface area contributed by atoms with Gasteiger partial charge in [-0.05, 0) is 36.4 Å². The molecule has 1 fully saturated rings. The number of ether oxygens (including phenoxy) is 3. The number of anilines is 1. The highest BCUT2D eigenvalue weighted by atomic mass is 16.5. The SMILES string of the molecule is COc1ccc2nc(C(=O)N3CCC4(CC3)CC(=O)c3cc(NC(C)=O)ccc3O4)cc(OC)c2c1. The first-order valence-corrected chi connectivity index (χ1v) is 11.8. The van der Waals surface area contributed by atoms with Crippen molar-refractivity contribution in [3.63, 3.8) is 0 Å². The number of piperidine rings is 1. The van der Waals surface area contributed by atoms with Crippen LogP contribution in [0.3, 0.4) is 0 Å². The summed E-state index contributed by atoms with van der Waals surface area (Å²) in [4.78, 5) is 44.0. The van der Waals surface area contributed by atoms with E-state index in [1.54, 1.807) is 55.5 Å². The highest BCUT2D eigenvalue weighted by molar-refractivity contribution is 6.02. The Kier molecular flexibility index (Phi) is 5.99. The summed E-state index contributed by atoms with van der Waals surface area (Å²) in [5.41, 5.74) is 1.32. The van der Waals surface area contributed by atoms with E-state index in [2.05, 4.69) is 10.3 Å². The Balaban J connectivity index is 1.32. The molecule has 0 bridgehead atoms. The highest BCUT2D eigenvalue weighted by Crippen LogP contribution is 2.40. The van der Waals surface area contributed by atoms with Crippen LogP contribution in [0.2, 0.25) is 0 Å². The van der Waals surface area contributed by atoms with Gasteiger partial charge in [0.05, 0.1) is 31.7 Å². The zero-order valence-electron chi connectivity index (χ0n) is 20.4. The van der Waals surface area contributed by atoms with Gasteiger partial charge in [0.15, 0.2) is 5.78 Å². The average Bonchev–Trinajstić information content (AvgIpc) is 2.88. The molecule has 2 aliphatic heterocycles. The predicted octanol–water partition coefficient (Wildman–Crippen LogP) is 3.85. The Bertz CT molecular complexity index is 1380. The number of methoxy groups -OCH3 is 2. The zero-order chi connectivity index (χ0) is 25.4. The molecule has 186 valence electrons. The molecule has 1 saturated heterocycles. The van der Waals surface area contributed by atoms with E-state index in [-0.39, 0.29) is 24.0 Å². The predicted molar refractivity (Wildman–Crippen MR) is 133 cm³/mol. The van der Waals surface area contributed by atoms with Gasteiger partial charge in [-0.3, -0.25) is 14.4 Å². The molecule has 0 atom stereocenters. The second-order valence-electron chi connectivity index (χ2n) is 9.16. The van der Waals surface area contributed by atoms with E-state index < -0.39 is 5.60 Å². The molecular weight excluding hydrogens is 462 g/mol. The lowest BCUT2D eigenvalue weighted by Crippen LogP contribution is -2.52. The molecule has 9 nitrogen and oxygen atoms in total. The van der Waals surface area contributed by atoms with Gasteiger partial charge in [0.1, 0.15) is 28.5 Å². The second-order valence-corrected chi connectivity index (χ2v) is 9.16. The Morgan fingerprint density at radius 2 is 1.83 bits per heavy atom. The number of pyridine rings is 1. The van der Waals surface area contributed by atoms with Crippen molar-refractivity contribution in [2.45, 2.75) is 31.8 Å². The van der Waals surface area contributed by atoms with Gasteiger partial charge >= 0.3 is 0 Å². The lowest BCUT2D eigenvalue weighted by molar-refractivity contribution is -0.114. The fraction of sp³-hybridized carbons (Fsp3) is 0.333. The van der Waals surface area contributed by atoms with Crippen molar-refractivity contribution in [3.8, 4) is 17.2 Å². The number of ketones is 1. The van der Waals surface area contributed by atoms with Crippen LogP contribution in [-0.2, 0) is 4.79 Å². The maximum absolute atomic E-state index is 13.3. The first-order chi connectivity index (χ1) is 17.3. The summed E-state index contributed by atoms with van der Waals surface area (Å²) in [6.45, 7) is 2.30. The van der Waals surface area contributed by atoms with Crippen molar-refractivity contribution < 1.29 is 28.6 Å². The van der Waals surface area contributed by atoms with Gasteiger partial charge < -0.3 is 24.4 Å². The maximum Gasteiger partial charge on any atom is 0.272 e. The molecule has 3 heterocycles. The van der Waals surface area contributed by atoms with Crippen molar-refractivity contribution in [1.82, 2.24) is 9.88 Å². The number of fused-ring (bicyclic) bond motifs is 2. The van der Waals surface area contributed by atoms with E-state index in [0.29, 0.717) is 65.6 Å².